The van der Waals surface area contributed by atoms with E-state index in [9.17, 15) is 9.59 Å². The van der Waals surface area contributed by atoms with E-state index in [-0.39, 0.29) is 12.5 Å². The fourth-order valence-corrected chi connectivity index (χ4v) is 1.98. The molecule has 90 valence electrons. The molecule has 0 aromatic heterocycles. The third-order valence-electron chi connectivity index (χ3n) is 2.65. The molecule has 0 saturated heterocycles. The Bertz CT molecular complexity index is 471. The zero-order valence-electron chi connectivity index (χ0n) is 9.56. The number of amides is 1. The van der Waals surface area contributed by atoms with E-state index in [1.165, 1.54) is 0 Å². The van der Waals surface area contributed by atoms with Gasteiger partial charge in [-0.15, -0.1) is 0 Å². The van der Waals surface area contributed by atoms with Crippen LogP contribution in [0.1, 0.15) is 11.1 Å². The number of rotatable bonds is 4. The molecule has 17 heavy (non-hydrogen) atoms. The summed E-state index contributed by atoms with van der Waals surface area (Å²) in [7, 11) is 1.75. The monoisotopic (exact) mass is 234 g/mol. The van der Waals surface area contributed by atoms with Gasteiger partial charge in [-0.25, -0.2) is 0 Å². The Hall–Kier alpha value is -1.88. The smallest absolute Gasteiger partial charge is 0.317 e. The fraction of sp³-hybridized carbons (Fsp3) is 0.333. The number of likely N-dealkylation sites (N-methyl/N-ethyl adjacent to an activating group) is 1. The summed E-state index contributed by atoms with van der Waals surface area (Å²) in [5.74, 6) is -0.832. The number of carbonyl (C=O) groups excluding carboxylic acids is 1. The summed E-state index contributed by atoms with van der Waals surface area (Å²) in [5, 5.41) is 11.4. The minimum Gasteiger partial charge on any atom is -0.480 e. The van der Waals surface area contributed by atoms with Crippen LogP contribution in [0.5, 0.6) is 0 Å². The van der Waals surface area contributed by atoms with Crippen LogP contribution < -0.4 is 5.32 Å². The van der Waals surface area contributed by atoms with Gasteiger partial charge in [-0.3, -0.25) is 14.5 Å². The van der Waals surface area contributed by atoms with E-state index >= 15 is 0 Å². The third kappa shape index (κ3) is 2.82. The average molecular weight is 234 g/mol. The highest BCUT2D eigenvalue weighted by Crippen LogP contribution is 2.24. The lowest BCUT2D eigenvalue weighted by molar-refractivity contribution is -0.138. The summed E-state index contributed by atoms with van der Waals surface area (Å²) in [6, 6.07) is 5.72. The molecule has 0 aliphatic carbocycles. The maximum absolute atomic E-state index is 11.2. The lowest BCUT2D eigenvalue weighted by Crippen LogP contribution is -2.25. The van der Waals surface area contributed by atoms with Gasteiger partial charge in [0.1, 0.15) is 0 Å². The molecule has 1 aliphatic heterocycles. The molecule has 0 radical (unpaired) electrons. The van der Waals surface area contributed by atoms with Crippen molar-refractivity contribution < 1.29 is 14.7 Å². The van der Waals surface area contributed by atoms with E-state index in [1.807, 2.05) is 18.2 Å². The Morgan fingerprint density at radius 1 is 1.53 bits per heavy atom. The van der Waals surface area contributed by atoms with E-state index in [0.29, 0.717) is 13.0 Å². The van der Waals surface area contributed by atoms with Crippen LogP contribution in [0.4, 0.5) is 5.69 Å². The number of nitrogens with zero attached hydrogens (tertiary/aromatic N) is 1. The lowest BCUT2D eigenvalue weighted by atomic mass is 10.1. The molecule has 2 rings (SSSR count). The first-order valence-electron chi connectivity index (χ1n) is 5.36. The van der Waals surface area contributed by atoms with Gasteiger partial charge in [-0.05, 0) is 24.2 Å². The first-order chi connectivity index (χ1) is 8.04. The number of carboxylic acids is 1. The van der Waals surface area contributed by atoms with E-state index in [1.54, 1.807) is 11.9 Å². The molecule has 0 saturated carbocycles. The zero-order valence-corrected chi connectivity index (χ0v) is 9.56. The Balaban J connectivity index is 2.06. The molecule has 5 nitrogen and oxygen atoms in total. The van der Waals surface area contributed by atoms with Gasteiger partial charge >= 0.3 is 5.97 Å². The third-order valence-corrected chi connectivity index (χ3v) is 2.65. The van der Waals surface area contributed by atoms with Gasteiger partial charge in [0, 0.05) is 12.2 Å². The Morgan fingerprint density at radius 2 is 2.29 bits per heavy atom. The molecule has 0 atom stereocenters. The molecular formula is C12H14N2O3. The van der Waals surface area contributed by atoms with Crippen LogP contribution in [0.25, 0.3) is 0 Å². The van der Waals surface area contributed by atoms with Crippen molar-refractivity contribution in [1.82, 2.24) is 4.90 Å². The highest BCUT2D eigenvalue weighted by Gasteiger charge is 2.17. The van der Waals surface area contributed by atoms with Crippen LogP contribution in [0.15, 0.2) is 18.2 Å². The summed E-state index contributed by atoms with van der Waals surface area (Å²) in [6.07, 6.45) is 0.409. The van der Waals surface area contributed by atoms with Gasteiger partial charge < -0.3 is 10.4 Å². The molecule has 0 bridgehead atoms. The highest BCUT2D eigenvalue weighted by atomic mass is 16.4. The van der Waals surface area contributed by atoms with Crippen molar-refractivity contribution in [2.24, 2.45) is 0 Å². The van der Waals surface area contributed by atoms with Crippen LogP contribution >= 0.6 is 0 Å². The van der Waals surface area contributed by atoms with Crippen LogP contribution in [0.2, 0.25) is 0 Å². The molecule has 1 amide bonds. The molecule has 0 unspecified atom stereocenters. The van der Waals surface area contributed by atoms with Crippen LogP contribution in [-0.4, -0.2) is 35.5 Å². The van der Waals surface area contributed by atoms with Crippen LogP contribution in [0.3, 0.4) is 0 Å². The van der Waals surface area contributed by atoms with Gasteiger partial charge in [0.05, 0.1) is 13.0 Å². The van der Waals surface area contributed by atoms with Gasteiger partial charge in [0.15, 0.2) is 0 Å². The molecule has 5 heteroatoms. The highest BCUT2D eigenvalue weighted by molar-refractivity contribution is 5.99. The second-order valence-electron chi connectivity index (χ2n) is 4.28. The molecule has 2 N–H and O–H groups in total. The van der Waals surface area contributed by atoms with Crippen LogP contribution in [-0.2, 0) is 22.6 Å². The van der Waals surface area contributed by atoms with Gasteiger partial charge in [-0.2, -0.15) is 0 Å². The predicted octanol–water partition coefficient (Wildman–Crippen LogP) is 0.698. The van der Waals surface area contributed by atoms with Crippen LogP contribution in [0, 0.1) is 0 Å². The molecule has 0 spiro atoms. The second-order valence-corrected chi connectivity index (χ2v) is 4.28. The van der Waals surface area contributed by atoms with Crippen molar-refractivity contribution in [3.8, 4) is 0 Å². The maximum Gasteiger partial charge on any atom is 0.317 e. The topological polar surface area (TPSA) is 69.6 Å². The Kier molecular flexibility index (Phi) is 3.10. The number of carbonyl (C=O) groups is 2. The van der Waals surface area contributed by atoms with Crippen molar-refractivity contribution in [3.05, 3.63) is 29.3 Å². The van der Waals surface area contributed by atoms with Crippen molar-refractivity contribution in [2.45, 2.75) is 13.0 Å². The first kappa shape index (κ1) is 11.6. The largest absolute Gasteiger partial charge is 0.480 e. The minimum atomic E-state index is -0.842. The molecule has 1 heterocycles. The van der Waals surface area contributed by atoms with Crippen molar-refractivity contribution >= 4 is 17.6 Å². The van der Waals surface area contributed by atoms with E-state index < -0.39 is 5.97 Å². The predicted molar refractivity (Wildman–Crippen MR) is 62.7 cm³/mol. The number of nitrogens with one attached hydrogen (secondary N) is 1. The molecule has 0 fully saturated rings. The molecule has 1 aliphatic rings. The number of carboxylic acid groups (broad SMARTS) is 1. The van der Waals surface area contributed by atoms with Gasteiger partial charge in [0.25, 0.3) is 0 Å². The van der Waals surface area contributed by atoms with Crippen molar-refractivity contribution in [1.29, 1.82) is 0 Å². The standard InChI is InChI=1S/C12H14N2O3/c1-14(7-12(16)17)6-8-2-3-10-9(4-8)5-11(15)13-10/h2-4H,5-7H2,1H3,(H,13,15)(H,16,17). The summed E-state index contributed by atoms with van der Waals surface area (Å²) in [6.45, 7) is 0.571. The molecular weight excluding hydrogens is 220 g/mol. The summed E-state index contributed by atoms with van der Waals surface area (Å²) < 4.78 is 0. The lowest BCUT2D eigenvalue weighted by Gasteiger charge is -2.14. The number of hydrogen-bond acceptors (Lipinski definition) is 3. The number of aliphatic carboxylic acids is 1. The quantitative estimate of drug-likeness (QED) is 0.804. The Labute approximate surface area is 99.0 Å². The summed E-state index contributed by atoms with van der Waals surface area (Å²) in [4.78, 5) is 23.4. The van der Waals surface area contributed by atoms with E-state index in [2.05, 4.69) is 5.32 Å². The average Bonchev–Trinajstić information content (AvgIpc) is 2.55. The SMILES string of the molecule is CN(CC(=O)O)Cc1ccc2c(c1)CC(=O)N2. The number of benzene rings is 1. The van der Waals surface area contributed by atoms with Crippen molar-refractivity contribution in [3.63, 3.8) is 0 Å². The minimum absolute atomic E-state index is 0.00820. The van der Waals surface area contributed by atoms with Crippen molar-refractivity contribution in [2.75, 3.05) is 18.9 Å². The van der Waals surface area contributed by atoms with E-state index in [4.69, 9.17) is 5.11 Å². The molecule has 1 aromatic rings. The normalized spacial score (nSPS) is 13.6. The van der Waals surface area contributed by atoms with Gasteiger partial charge in [0.2, 0.25) is 5.91 Å². The van der Waals surface area contributed by atoms with Gasteiger partial charge in [-0.1, -0.05) is 12.1 Å². The Morgan fingerprint density at radius 3 is 3.00 bits per heavy atom. The fourth-order valence-electron chi connectivity index (χ4n) is 1.98. The number of fused-ring (bicyclic) bond motifs is 1. The summed E-state index contributed by atoms with van der Waals surface area (Å²) >= 11 is 0. The van der Waals surface area contributed by atoms with E-state index in [0.717, 1.165) is 16.8 Å². The molecule has 1 aromatic carbocycles. The summed E-state index contributed by atoms with van der Waals surface area (Å²) in [5.41, 5.74) is 2.86. The second kappa shape index (κ2) is 4.55. The maximum atomic E-state index is 11.2. The number of anilines is 1. The number of hydrogen-bond donors (Lipinski definition) is 2. The first-order valence-corrected chi connectivity index (χ1v) is 5.36. The zero-order chi connectivity index (χ0) is 12.4.